The molecule has 0 bridgehead atoms. The lowest BCUT2D eigenvalue weighted by Crippen LogP contribution is -2.38. The van der Waals surface area contributed by atoms with Gasteiger partial charge in [-0.1, -0.05) is 29.8 Å². The Labute approximate surface area is 143 Å². The first-order valence-corrected chi connectivity index (χ1v) is 7.93. The van der Waals surface area contributed by atoms with E-state index in [2.05, 4.69) is 10.6 Å². The number of amides is 2. The molecule has 0 radical (unpaired) electrons. The second-order valence-corrected chi connectivity index (χ2v) is 5.59. The minimum atomic E-state index is -0.242. The molecule has 0 aliphatic rings. The number of nitrogens with one attached hydrogen (secondary N) is 2. The summed E-state index contributed by atoms with van der Waals surface area (Å²) >= 11 is 0. The number of carbonyl (C=O) groups is 1. The molecular formula is C19H24N2O3. The van der Waals surface area contributed by atoms with Crippen LogP contribution in [0.25, 0.3) is 0 Å². The lowest BCUT2D eigenvalue weighted by Gasteiger charge is -2.11. The number of hydrogen-bond acceptors (Lipinski definition) is 3. The highest BCUT2D eigenvalue weighted by Gasteiger charge is 2.02. The summed E-state index contributed by atoms with van der Waals surface area (Å²) in [5.41, 5.74) is 3.38. The highest BCUT2D eigenvalue weighted by Crippen LogP contribution is 2.18. The van der Waals surface area contributed by atoms with Crippen molar-refractivity contribution in [1.82, 2.24) is 10.6 Å². The molecule has 0 aliphatic heterocycles. The maximum absolute atomic E-state index is 11.7. The summed E-state index contributed by atoms with van der Waals surface area (Å²) < 4.78 is 10.7. The van der Waals surface area contributed by atoms with E-state index in [4.69, 9.17) is 9.47 Å². The van der Waals surface area contributed by atoms with Gasteiger partial charge in [0.25, 0.3) is 0 Å². The van der Waals surface area contributed by atoms with Crippen molar-refractivity contribution in [3.63, 3.8) is 0 Å². The van der Waals surface area contributed by atoms with Crippen molar-refractivity contribution in [1.29, 1.82) is 0 Å². The zero-order chi connectivity index (χ0) is 17.4. The second kappa shape index (κ2) is 8.82. The molecule has 0 fully saturated rings. The lowest BCUT2D eigenvalue weighted by atomic mass is 10.1. The third kappa shape index (κ3) is 5.50. The molecule has 0 saturated heterocycles. The van der Waals surface area contributed by atoms with Gasteiger partial charge in [-0.25, -0.2) is 4.79 Å². The zero-order valence-corrected chi connectivity index (χ0v) is 14.4. The first-order chi connectivity index (χ1) is 11.6. The Balaban J connectivity index is 1.66. The minimum absolute atomic E-state index is 0.137. The number of methoxy groups -OCH3 is 1. The topological polar surface area (TPSA) is 59.6 Å². The normalized spacial score (nSPS) is 10.1. The molecule has 24 heavy (non-hydrogen) atoms. The molecule has 0 unspecified atom stereocenters. The smallest absolute Gasteiger partial charge is 0.317 e. The molecule has 0 spiro atoms. The maximum atomic E-state index is 11.7. The van der Waals surface area contributed by atoms with E-state index in [0.717, 1.165) is 29.0 Å². The third-order valence-corrected chi connectivity index (χ3v) is 3.65. The van der Waals surface area contributed by atoms with Crippen LogP contribution in [0.1, 0.15) is 16.7 Å². The van der Waals surface area contributed by atoms with Crippen LogP contribution < -0.4 is 20.1 Å². The summed E-state index contributed by atoms with van der Waals surface area (Å²) in [6.07, 6.45) is 0.759. The Morgan fingerprint density at radius 2 is 1.79 bits per heavy atom. The van der Waals surface area contributed by atoms with Gasteiger partial charge in [0.2, 0.25) is 0 Å². The highest BCUT2D eigenvalue weighted by atomic mass is 16.5. The van der Waals surface area contributed by atoms with Crippen molar-refractivity contribution in [2.45, 2.75) is 20.3 Å². The first kappa shape index (κ1) is 17.7. The second-order valence-electron chi connectivity index (χ2n) is 5.59. The van der Waals surface area contributed by atoms with Crippen molar-refractivity contribution >= 4 is 6.03 Å². The third-order valence-electron chi connectivity index (χ3n) is 3.65. The molecule has 0 atom stereocenters. The number of ether oxygens (including phenoxy) is 2. The Bertz CT molecular complexity index is 669. The van der Waals surface area contributed by atoms with Gasteiger partial charge >= 0.3 is 6.03 Å². The van der Waals surface area contributed by atoms with Crippen LogP contribution in [0.5, 0.6) is 11.5 Å². The molecule has 0 saturated carbocycles. The number of rotatable bonds is 7. The van der Waals surface area contributed by atoms with Crippen molar-refractivity contribution in [3.05, 3.63) is 59.2 Å². The van der Waals surface area contributed by atoms with Gasteiger partial charge in [0.05, 0.1) is 7.11 Å². The van der Waals surface area contributed by atoms with Gasteiger partial charge in [0, 0.05) is 6.54 Å². The van der Waals surface area contributed by atoms with E-state index in [0.29, 0.717) is 6.54 Å². The summed E-state index contributed by atoms with van der Waals surface area (Å²) in [6, 6.07) is 13.5. The summed E-state index contributed by atoms with van der Waals surface area (Å²) in [4.78, 5) is 11.7. The van der Waals surface area contributed by atoms with E-state index >= 15 is 0 Å². The van der Waals surface area contributed by atoms with E-state index in [1.165, 1.54) is 5.56 Å². The molecule has 2 N–H and O–H groups in total. The van der Waals surface area contributed by atoms with E-state index in [1.54, 1.807) is 7.11 Å². The number of aryl methyl sites for hydroxylation is 2. The quantitative estimate of drug-likeness (QED) is 0.768. The van der Waals surface area contributed by atoms with Crippen LogP contribution in [0.4, 0.5) is 4.79 Å². The van der Waals surface area contributed by atoms with E-state index in [1.807, 2.05) is 56.3 Å². The number of benzene rings is 2. The first-order valence-electron chi connectivity index (χ1n) is 7.93. The molecule has 5 nitrogen and oxygen atoms in total. The standard InChI is InChI=1S/C19H24N2O3/c1-14-4-9-18(15(2)12-14)24-13-21-19(22)20-11-10-16-5-7-17(23-3)8-6-16/h4-9,12H,10-11,13H2,1-3H3,(H2,20,21,22). The molecule has 128 valence electrons. The fourth-order valence-electron chi connectivity index (χ4n) is 2.32. The summed E-state index contributed by atoms with van der Waals surface area (Å²) in [6.45, 7) is 4.71. The molecule has 0 heterocycles. The molecule has 2 aromatic carbocycles. The monoisotopic (exact) mass is 328 g/mol. The van der Waals surface area contributed by atoms with Crippen LogP contribution in [-0.2, 0) is 6.42 Å². The van der Waals surface area contributed by atoms with Gasteiger partial charge in [0.1, 0.15) is 11.5 Å². The van der Waals surface area contributed by atoms with Crippen LogP contribution >= 0.6 is 0 Å². The fraction of sp³-hybridized carbons (Fsp3) is 0.316. The molecular weight excluding hydrogens is 304 g/mol. The summed E-state index contributed by atoms with van der Waals surface area (Å²) in [5, 5.41) is 5.49. The average Bonchev–Trinajstić information content (AvgIpc) is 2.57. The van der Waals surface area contributed by atoms with Gasteiger partial charge in [-0.3, -0.25) is 0 Å². The van der Waals surface area contributed by atoms with Crippen molar-refractivity contribution in [2.75, 3.05) is 20.4 Å². The fourth-order valence-corrected chi connectivity index (χ4v) is 2.32. The van der Waals surface area contributed by atoms with Crippen molar-refractivity contribution < 1.29 is 14.3 Å². The molecule has 2 aromatic rings. The Morgan fingerprint density at radius 3 is 2.46 bits per heavy atom. The van der Waals surface area contributed by atoms with Gasteiger partial charge in [-0.15, -0.1) is 0 Å². The van der Waals surface area contributed by atoms with Gasteiger partial charge in [-0.2, -0.15) is 0 Å². The van der Waals surface area contributed by atoms with Crippen molar-refractivity contribution in [2.24, 2.45) is 0 Å². The van der Waals surface area contributed by atoms with Crippen LogP contribution in [-0.4, -0.2) is 26.4 Å². The van der Waals surface area contributed by atoms with Gasteiger partial charge in [0.15, 0.2) is 6.73 Å². The van der Waals surface area contributed by atoms with E-state index < -0.39 is 0 Å². The summed E-state index contributed by atoms with van der Waals surface area (Å²) in [7, 11) is 1.64. The lowest BCUT2D eigenvalue weighted by molar-refractivity contribution is 0.224. The largest absolute Gasteiger partial charge is 0.497 e. The molecule has 0 aliphatic carbocycles. The van der Waals surface area contributed by atoms with Crippen LogP contribution in [0.15, 0.2) is 42.5 Å². The maximum Gasteiger partial charge on any atom is 0.317 e. The highest BCUT2D eigenvalue weighted by molar-refractivity contribution is 5.73. The summed E-state index contributed by atoms with van der Waals surface area (Å²) in [5.74, 6) is 1.60. The van der Waals surface area contributed by atoms with Gasteiger partial charge in [-0.05, 0) is 49.6 Å². The number of urea groups is 1. The number of hydrogen-bond donors (Lipinski definition) is 2. The molecule has 2 amide bonds. The minimum Gasteiger partial charge on any atom is -0.497 e. The van der Waals surface area contributed by atoms with E-state index in [9.17, 15) is 4.79 Å². The Morgan fingerprint density at radius 1 is 1.04 bits per heavy atom. The molecule has 2 rings (SSSR count). The average molecular weight is 328 g/mol. The Kier molecular flexibility index (Phi) is 6.49. The number of carbonyl (C=O) groups excluding carboxylic acids is 1. The van der Waals surface area contributed by atoms with Crippen LogP contribution in [0.2, 0.25) is 0 Å². The van der Waals surface area contributed by atoms with Gasteiger partial charge < -0.3 is 20.1 Å². The predicted octanol–water partition coefficient (Wildman–Crippen LogP) is 3.19. The Hall–Kier alpha value is -2.69. The predicted molar refractivity (Wildman–Crippen MR) is 94.6 cm³/mol. The van der Waals surface area contributed by atoms with Crippen molar-refractivity contribution in [3.8, 4) is 11.5 Å². The van der Waals surface area contributed by atoms with Crippen LogP contribution in [0.3, 0.4) is 0 Å². The van der Waals surface area contributed by atoms with E-state index in [-0.39, 0.29) is 12.8 Å². The SMILES string of the molecule is COc1ccc(CCNC(=O)NCOc2ccc(C)cc2C)cc1. The van der Waals surface area contributed by atoms with Crippen LogP contribution in [0, 0.1) is 13.8 Å². The molecule has 0 aromatic heterocycles. The molecule has 5 heteroatoms. The zero-order valence-electron chi connectivity index (χ0n) is 14.4.